The van der Waals surface area contributed by atoms with Gasteiger partial charge in [-0.1, -0.05) is 6.42 Å². The summed E-state index contributed by atoms with van der Waals surface area (Å²) in [4.78, 5) is 42.8. The van der Waals surface area contributed by atoms with Crippen molar-refractivity contribution in [3.05, 3.63) is 0 Å². The van der Waals surface area contributed by atoms with Gasteiger partial charge in [0.2, 0.25) is 0 Å². The molecule has 0 heterocycles. The number of ketones is 1. The van der Waals surface area contributed by atoms with Gasteiger partial charge in [-0.15, -0.1) is 0 Å². The molecule has 22 heavy (non-hydrogen) atoms. The summed E-state index contributed by atoms with van der Waals surface area (Å²) in [6.07, 6.45) is 4.83. The van der Waals surface area contributed by atoms with Crippen molar-refractivity contribution in [2.75, 3.05) is 12.0 Å². The topological polar surface area (TPSA) is 122 Å². The molecule has 0 aliphatic rings. The Labute approximate surface area is 135 Å². The summed E-state index contributed by atoms with van der Waals surface area (Å²) < 4.78 is 0. The van der Waals surface area contributed by atoms with Crippen molar-refractivity contribution in [3.63, 3.8) is 0 Å². The van der Waals surface area contributed by atoms with Gasteiger partial charge in [0, 0.05) is 6.42 Å². The van der Waals surface area contributed by atoms with Gasteiger partial charge in [0.15, 0.2) is 0 Å². The molecule has 0 radical (unpaired) electrons. The summed E-state index contributed by atoms with van der Waals surface area (Å²) in [6.45, 7) is 1.65. The monoisotopic (exact) mass is 334 g/mol. The standard InChI is InChI=1S/C14H26N2O5S/c1-10(15)12(17)6-4-3-5-7-13(18)20-21-14(19)11(16)8-9-22-2/h10-11H,3-9,15-16H2,1-2H3. The summed E-state index contributed by atoms with van der Waals surface area (Å²) in [5.74, 6) is -0.630. The molecule has 2 unspecified atom stereocenters. The molecule has 0 amide bonds. The summed E-state index contributed by atoms with van der Waals surface area (Å²) >= 11 is 1.56. The lowest BCUT2D eigenvalue weighted by atomic mass is 10.1. The van der Waals surface area contributed by atoms with E-state index in [1.807, 2.05) is 6.26 Å². The lowest BCUT2D eigenvalue weighted by molar-refractivity contribution is -0.260. The zero-order chi connectivity index (χ0) is 17.0. The fourth-order valence-corrected chi connectivity index (χ4v) is 2.02. The van der Waals surface area contributed by atoms with Crippen molar-refractivity contribution in [3.8, 4) is 0 Å². The van der Waals surface area contributed by atoms with Crippen LogP contribution < -0.4 is 11.5 Å². The van der Waals surface area contributed by atoms with Gasteiger partial charge >= 0.3 is 11.9 Å². The van der Waals surface area contributed by atoms with E-state index in [1.165, 1.54) is 0 Å². The third kappa shape index (κ3) is 10.6. The third-order valence-corrected chi connectivity index (χ3v) is 3.61. The van der Waals surface area contributed by atoms with E-state index >= 15 is 0 Å². The van der Waals surface area contributed by atoms with E-state index in [-0.39, 0.29) is 12.2 Å². The number of thioether (sulfide) groups is 1. The van der Waals surface area contributed by atoms with E-state index in [0.29, 0.717) is 32.1 Å². The lowest BCUT2D eigenvalue weighted by Gasteiger charge is -2.08. The van der Waals surface area contributed by atoms with Crippen LogP contribution in [0.4, 0.5) is 0 Å². The summed E-state index contributed by atoms with van der Waals surface area (Å²) in [5, 5.41) is 0. The molecule has 0 aromatic rings. The van der Waals surface area contributed by atoms with Crippen molar-refractivity contribution in [2.24, 2.45) is 11.5 Å². The summed E-state index contributed by atoms with van der Waals surface area (Å²) in [5.41, 5.74) is 11.0. The first-order chi connectivity index (χ1) is 10.4. The highest BCUT2D eigenvalue weighted by atomic mass is 32.2. The van der Waals surface area contributed by atoms with Gasteiger partial charge in [-0.25, -0.2) is 19.4 Å². The summed E-state index contributed by atoms with van der Waals surface area (Å²) in [6, 6.07) is -1.23. The molecule has 0 bridgehead atoms. The van der Waals surface area contributed by atoms with E-state index in [9.17, 15) is 14.4 Å². The van der Waals surface area contributed by atoms with Gasteiger partial charge in [-0.05, 0) is 38.2 Å². The number of carbonyl (C=O) groups excluding carboxylic acids is 3. The Balaban J connectivity index is 3.65. The quantitative estimate of drug-likeness (QED) is 0.325. The SMILES string of the molecule is CSCCC(N)C(=O)OOC(=O)CCCCCC(=O)C(C)N. The number of unbranched alkanes of at least 4 members (excludes halogenated alkanes) is 2. The molecule has 0 spiro atoms. The van der Waals surface area contributed by atoms with Crippen LogP contribution in [0.15, 0.2) is 0 Å². The maximum Gasteiger partial charge on any atom is 0.372 e. The molecule has 2 atom stereocenters. The minimum absolute atomic E-state index is 0.00994. The Morgan fingerprint density at radius 1 is 1.05 bits per heavy atom. The molecule has 0 rings (SSSR count). The number of hydrogen-bond acceptors (Lipinski definition) is 8. The maximum atomic E-state index is 11.4. The van der Waals surface area contributed by atoms with Gasteiger partial charge in [-0.3, -0.25) is 4.79 Å². The summed E-state index contributed by atoms with van der Waals surface area (Å²) in [7, 11) is 0. The van der Waals surface area contributed by atoms with Crippen LogP contribution in [-0.4, -0.2) is 41.8 Å². The van der Waals surface area contributed by atoms with Crippen LogP contribution in [-0.2, 0) is 24.2 Å². The van der Waals surface area contributed by atoms with Crippen LogP contribution in [0.1, 0.15) is 45.4 Å². The van der Waals surface area contributed by atoms with E-state index in [0.717, 1.165) is 5.75 Å². The molecule has 7 nitrogen and oxygen atoms in total. The molecule has 0 fully saturated rings. The number of carbonyl (C=O) groups is 3. The second-order valence-electron chi connectivity index (χ2n) is 5.06. The van der Waals surface area contributed by atoms with Gasteiger partial charge in [-0.2, -0.15) is 11.8 Å². The second kappa shape index (κ2) is 12.4. The van der Waals surface area contributed by atoms with Crippen molar-refractivity contribution in [1.29, 1.82) is 0 Å². The van der Waals surface area contributed by atoms with Gasteiger partial charge < -0.3 is 11.5 Å². The van der Waals surface area contributed by atoms with Gasteiger partial charge in [0.25, 0.3) is 0 Å². The van der Waals surface area contributed by atoms with Gasteiger partial charge in [0.05, 0.1) is 12.5 Å². The molecule has 0 aromatic heterocycles. The van der Waals surface area contributed by atoms with Crippen LogP contribution in [0, 0.1) is 0 Å². The fourth-order valence-electron chi connectivity index (χ4n) is 1.53. The Morgan fingerprint density at radius 2 is 1.68 bits per heavy atom. The van der Waals surface area contributed by atoms with E-state index in [1.54, 1.807) is 18.7 Å². The first-order valence-corrected chi connectivity index (χ1v) is 8.71. The van der Waals surface area contributed by atoms with E-state index < -0.39 is 24.0 Å². The highest BCUT2D eigenvalue weighted by Crippen LogP contribution is 2.06. The van der Waals surface area contributed by atoms with Crippen LogP contribution in [0.25, 0.3) is 0 Å². The van der Waals surface area contributed by atoms with Crippen LogP contribution in [0.2, 0.25) is 0 Å². The van der Waals surface area contributed by atoms with E-state index in [2.05, 4.69) is 9.78 Å². The van der Waals surface area contributed by atoms with Gasteiger partial charge in [0.1, 0.15) is 11.8 Å². The smallest absolute Gasteiger partial charge is 0.322 e. The fraction of sp³-hybridized carbons (Fsp3) is 0.786. The predicted molar refractivity (Wildman–Crippen MR) is 84.9 cm³/mol. The Bertz CT molecular complexity index is 363. The van der Waals surface area contributed by atoms with Crippen molar-refractivity contribution < 1.29 is 24.2 Å². The van der Waals surface area contributed by atoms with Crippen LogP contribution in [0.5, 0.6) is 0 Å². The Hall–Kier alpha value is -1.12. The minimum atomic E-state index is -0.787. The average molecular weight is 334 g/mol. The number of hydrogen-bond donors (Lipinski definition) is 2. The highest BCUT2D eigenvalue weighted by molar-refractivity contribution is 7.98. The predicted octanol–water partition coefficient (Wildman–Crippen LogP) is 0.935. The normalized spacial score (nSPS) is 13.3. The molecule has 128 valence electrons. The molecule has 8 heteroatoms. The molecular weight excluding hydrogens is 308 g/mol. The highest BCUT2D eigenvalue weighted by Gasteiger charge is 2.17. The molecule has 4 N–H and O–H groups in total. The molecule has 0 aromatic carbocycles. The molecular formula is C14H26N2O5S. The Kier molecular flexibility index (Phi) is 11.8. The molecule has 0 aliphatic carbocycles. The molecule has 0 aliphatic heterocycles. The lowest BCUT2D eigenvalue weighted by Crippen LogP contribution is -2.33. The minimum Gasteiger partial charge on any atom is -0.322 e. The zero-order valence-corrected chi connectivity index (χ0v) is 14.0. The zero-order valence-electron chi connectivity index (χ0n) is 13.2. The third-order valence-electron chi connectivity index (χ3n) is 2.96. The largest absolute Gasteiger partial charge is 0.372 e. The number of Topliss-reactive ketones (excluding diaryl/α,β-unsaturated/α-hetero) is 1. The van der Waals surface area contributed by atoms with Crippen molar-refractivity contribution >= 4 is 29.5 Å². The number of rotatable bonds is 11. The average Bonchev–Trinajstić information content (AvgIpc) is 2.49. The molecule has 0 saturated carbocycles. The maximum absolute atomic E-state index is 11.4. The van der Waals surface area contributed by atoms with Crippen LogP contribution >= 0.6 is 11.8 Å². The van der Waals surface area contributed by atoms with Crippen LogP contribution in [0.3, 0.4) is 0 Å². The first-order valence-electron chi connectivity index (χ1n) is 7.32. The van der Waals surface area contributed by atoms with Crippen molar-refractivity contribution in [2.45, 2.75) is 57.5 Å². The first kappa shape index (κ1) is 20.9. The number of nitrogens with two attached hydrogens (primary N) is 2. The Morgan fingerprint density at radius 3 is 2.27 bits per heavy atom. The van der Waals surface area contributed by atoms with Crippen molar-refractivity contribution in [1.82, 2.24) is 0 Å². The molecule has 0 saturated heterocycles. The van der Waals surface area contributed by atoms with E-state index in [4.69, 9.17) is 11.5 Å². The second-order valence-corrected chi connectivity index (χ2v) is 6.05.